The maximum absolute atomic E-state index is 13.2. The quantitative estimate of drug-likeness (QED) is 0.602. The first-order valence-corrected chi connectivity index (χ1v) is 14.1. The molecule has 2 aromatic heterocycles. The molecule has 3 fully saturated rings. The summed E-state index contributed by atoms with van der Waals surface area (Å²) in [4.78, 5) is 43.6. The standard InChI is InChI=1S/C29H40N8O2/c1-19-7-12-24(13-8-19)37-20(2)32-29(30-15-5-6-25(37)28(39)35(3)4)34-26-14-9-21(16-31-26)27(38)36-17-22-10-11-23(18-36)33-22/h5-6,9,14-16,19,22-24,33H,7-8,10-13,17-18H2,1-4H3,(H,30,31,34). The molecule has 2 aromatic rings. The molecule has 2 bridgehead atoms. The summed E-state index contributed by atoms with van der Waals surface area (Å²) in [7, 11) is 3.53. The molecule has 2 amide bonds. The normalized spacial score (nSPS) is 24.2. The Morgan fingerprint density at radius 3 is 2.36 bits per heavy atom. The number of anilines is 2. The van der Waals surface area contributed by atoms with Gasteiger partial charge in [-0.25, -0.2) is 9.97 Å². The predicted molar refractivity (Wildman–Crippen MR) is 150 cm³/mol. The Bertz CT molecular complexity index is 1240. The first-order valence-electron chi connectivity index (χ1n) is 14.1. The van der Waals surface area contributed by atoms with Crippen LogP contribution >= 0.6 is 0 Å². The minimum absolute atomic E-state index is 0.0191. The summed E-state index contributed by atoms with van der Waals surface area (Å²) in [5.41, 5.74) is 1.17. The average molecular weight is 533 g/mol. The SMILES string of the molecule is Cc1nc(Nc2ccc(C(=O)N3CC4CCC(C3)N4)cn2)ncccc(C(=O)N(C)C)n1C1CCC(C)CC1. The molecule has 2 saturated heterocycles. The van der Waals surface area contributed by atoms with Crippen LogP contribution in [-0.2, 0) is 0 Å². The van der Waals surface area contributed by atoms with Crippen LogP contribution in [0.5, 0.6) is 0 Å². The number of aryl methyl sites for hydroxylation is 1. The molecule has 4 heterocycles. The van der Waals surface area contributed by atoms with E-state index in [9.17, 15) is 9.59 Å². The van der Waals surface area contributed by atoms with E-state index in [4.69, 9.17) is 4.98 Å². The fraction of sp³-hybridized carbons (Fsp3) is 0.552. The van der Waals surface area contributed by atoms with Crippen LogP contribution in [0, 0.1) is 12.8 Å². The first kappa shape index (κ1) is 27.1. The zero-order chi connectivity index (χ0) is 27.5. The molecule has 2 unspecified atom stereocenters. The fourth-order valence-corrected chi connectivity index (χ4v) is 6.02. The van der Waals surface area contributed by atoms with Gasteiger partial charge in [0.15, 0.2) is 0 Å². The predicted octanol–water partition coefficient (Wildman–Crippen LogP) is 3.88. The highest BCUT2D eigenvalue weighted by Crippen LogP contribution is 2.33. The molecule has 1 saturated carbocycles. The lowest BCUT2D eigenvalue weighted by Gasteiger charge is -2.32. The second kappa shape index (κ2) is 11.7. The second-order valence-corrected chi connectivity index (χ2v) is 11.4. The van der Waals surface area contributed by atoms with Crippen LogP contribution in [-0.4, -0.2) is 80.4 Å². The summed E-state index contributed by atoms with van der Waals surface area (Å²) in [6, 6.07) is 8.18. The number of pyridine rings is 1. The molecule has 10 nitrogen and oxygen atoms in total. The van der Waals surface area contributed by atoms with Crippen LogP contribution < -0.4 is 10.6 Å². The molecule has 2 atom stereocenters. The third-order valence-corrected chi connectivity index (χ3v) is 8.14. The van der Waals surface area contributed by atoms with Gasteiger partial charge in [-0.1, -0.05) is 6.92 Å². The van der Waals surface area contributed by atoms with Crippen molar-refractivity contribution >= 4 is 23.6 Å². The monoisotopic (exact) mass is 532 g/mol. The second-order valence-electron chi connectivity index (χ2n) is 11.4. The number of piperazine rings is 1. The van der Waals surface area contributed by atoms with Crippen molar-refractivity contribution in [2.75, 3.05) is 32.5 Å². The maximum atomic E-state index is 13.2. The lowest BCUT2D eigenvalue weighted by Crippen LogP contribution is -2.53. The van der Waals surface area contributed by atoms with Crippen LogP contribution in [0.4, 0.5) is 11.8 Å². The molecule has 0 radical (unpaired) electrons. The molecule has 39 heavy (non-hydrogen) atoms. The lowest BCUT2D eigenvalue weighted by molar-refractivity contribution is 0.0697. The number of aromatic nitrogens is 4. The molecule has 1 aliphatic carbocycles. The minimum Gasteiger partial charge on any atom is -0.343 e. The molecule has 2 N–H and O–H groups in total. The number of hydrogen-bond donors (Lipinski definition) is 2. The number of nitrogens with one attached hydrogen (secondary N) is 2. The number of carbonyl (C=O) groups is 2. The van der Waals surface area contributed by atoms with E-state index < -0.39 is 0 Å². The van der Waals surface area contributed by atoms with Crippen LogP contribution in [0.25, 0.3) is 0 Å². The third-order valence-electron chi connectivity index (χ3n) is 8.14. The Kier molecular flexibility index (Phi) is 8.11. The molecule has 2 aliphatic heterocycles. The fourth-order valence-electron chi connectivity index (χ4n) is 6.02. The third kappa shape index (κ3) is 6.21. The molecule has 3 aliphatic rings. The lowest BCUT2D eigenvalue weighted by atomic mass is 9.87. The van der Waals surface area contributed by atoms with Gasteiger partial charge in [0, 0.05) is 57.7 Å². The van der Waals surface area contributed by atoms with Crippen LogP contribution in [0.2, 0.25) is 0 Å². The highest BCUT2D eigenvalue weighted by molar-refractivity contribution is 5.94. The van der Waals surface area contributed by atoms with E-state index in [1.807, 2.05) is 17.9 Å². The zero-order valence-corrected chi connectivity index (χ0v) is 23.4. The molecule has 0 aromatic carbocycles. The Balaban J connectivity index is 1.40. The maximum Gasteiger partial charge on any atom is 0.270 e. The first-order chi connectivity index (χ1) is 18.8. The summed E-state index contributed by atoms with van der Waals surface area (Å²) in [6.45, 7) is 5.70. The number of fused-ring (bicyclic) bond motifs is 2. The van der Waals surface area contributed by atoms with Gasteiger partial charge in [-0.2, -0.15) is 4.98 Å². The molecular formula is C29H40N8O2. The smallest absolute Gasteiger partial charge is 0.270 e. The Morgan fingerprint density at radius 1 is 1.00 bits per heavy atom. The van der Waals surface area contributed by atoms with E-state index in [1.165, 1.54) is 0 Å². The Morgan fingerprint density at radius 2 is 1.72 bits per heavy atom. The van der Waals surface area contributed by atoms with Crippen molar-refractivity contribution in [3.8, 4) is 0 Å². The van der Waals surface area contributed by atoms with Crippen LogP contribution in [0.15, 0.2) is 36.7 Å². The van der Waals surface area contributed by atoms with E-state index in [2.05, 4.69) is 32.1 Å². The van der Waals surface area contributed by atoms with Gasteiger partial charge in [-0.15, -0.1) is 0 Å². The minimum atomic E-state index is -0.0661. The van der Waals surface area contributed by atoms with Crippen molar-refractivity contribution in [2.24, 2.45) is 5.92 Å². The molecule has 10 heteroatoms. The van der Waals surface area contributed by atoms with Crippen molar-refractivity contribution in [2.45, 2.75) is 70.5 Å². The average Bonchev–Trinajstić information content (AvgIpc) is 3.30. The summed E-state index contributed by atoms with van der Waals surface area (Å²) >= 11 is 0. The van der Waals surface area contributed by atoms with Crippen LogP contribution in [0.3, 0.4) is 0 Å². The molecule has 0 spiro atoms. The van der Waals surface area contributed by atoms with Gasteiger partial charge >= 0.3 is 0 Å². The summed E-state index contributed by atoms with van der Waals surface area (Å²) in [6.07, 6.45) is 9.75. The topological polar surface area (TPSA) is 108 Å². The van der Waals surface area contributed by atoms with Gasteiger partial charge in [0.05, 0.1) is 5.56 Å². The van der Waals surface area contributed by atoms with Gasteiger partial charge in [0.25, 0.3) is 11.8 Å². The molecular weight excluding hydrogens is 492 g/mol. The number of carbonyl (C=O) groups excluding carboxylic acids is 2. The van der Waals surface area contributed by atoms with Crippen molar-refractivity contribution in [3.05, 3.63) is 53.7 Å². The van der Waals surface area contributed by atoms with Gasteiger partial charge in [0.2, 0.25) is 5.95 Å². The van der Waals surface area contributed by atoms with E-state index >= 15 is 0 Å². The number of likely N-dealkylation sites (tertiary alicyclic amines) is 1. The largest absolute Gasteiger partial charge is 0.343 e. The number of hydrogen-bond acceptors (Lipinski definition) is 7. The van der Waals surface area contributed by atoms with Crippen molar-refractivity contribution < 1.29 is 9.59 Å². The Labute approximate surface area is 230 Å². The van der Waals surface area contributed by atoms with E-state index in [0.717, 1.165) is 51.6 Å². The number of amides is 2. The highest BCUT2D eigenvalue weighted by atomic mass is 16.2. The van der Waals surface area contributed by atoms with Gasteiger partial charge < -0.3 is 25.0 Å². The summed E-state index contributed by atoms with van der Waals surface area (Å²) < 4.78 is 2.08. The zero-order valence-electron chi connectivity index (χ0n) is 23.4. The van der Waals surface area contributed by atoms with Gasteiger partial charge in [-0.3, -0.25) is 9.59 Å². The number of nitrogens with zero attached hydrogens (tertiary/aromatic N) is 6. The van der Waals surface area contributed by atoms with Crippen LogP contribution in [0.1, 0.15) is 78.2 Å². The highest BCUT2D eigenvalue weighted by Gasteiger charge is 2.34. The Hall–Kier alpha value is -3.53. The van der Waals surface area contributed by atoms with Crippen molar-refractivity contribution in [1.29, 1.82) is 0 Å². The van der Waals surface area contributed by atoms with Gasteiger partial charge in [-0.05, 0) is 75.6 Å². The van der Waals surface area contributed by atoms with Gasteiger partial charge in [0.1, 0.15) is 17.3 Å². The van der Waals surface area contributed by atoms with Crippen molar-refractivity contribution in [1.82, 2.24) is 34.6 Å². The van der Waals surface area contributed by atoms with E-state index in [-0.39, 0.29) is 17.9 Å². The summed E-state index contributed by atoms with van der Waals surface area (Å²) in [5.74, 6) is 2.26. The molecule has 5 rings (SSSR count). The molecule has 208 valence electrons. The number of rotatable bonds is 5. The van der Waals surface area contributed by atoms with Crippen molar-refractivity contribution in [3.63, 3.8) is 0 Å². The summed E-state index contributed by atoms with van der Waals surface area (Å²) in [5, 5.41) is 6.75. The van der Waals surface area contributed by atoms with E-state index in [0.29, 0.717) is 46.8 Å². The van der Waals surface area contributed by atoms with E-state index in [1.54, 1.807) is 49.6 Å².